The van der Waals surface area contributed by atoms with Gasteiger partial charge in [-0.05, 0) is 31.2 Å². The molecule has 28 heavy (non-hydrogen) atoms. The highest BCUT2D eigenvalue weighted by molar-refractivity contribution is 6.02. The number of likely N-dealkylation sites (tertiary alicyclic amines) is 1. The third-order valence-electron chi connectivity index (χ3n) is 5.59. The molecule has 0 unspecified atom stereocenters. The van der Waals surface area contributed by atoms with Crippen LogP contribution in [0.25, 0.3) is 11.1 Å². The van der Waals surface area contributed by atoms with Crippen molar-refractivity contribution in [1.82, 2.24) is 14.8 Å². The molecule has 6 nitrogen and oxygen atoms in total. The second-order valence-corrected chi connectivity index (χ2v) is 7.43. The number of fused-ring (bicyclic) bond motifs is 1. The Morgan fingerprint density at radius 2 is 1.82 bits per heavy atom. The molecule has 1 fully saturated rings. The van der Waals surface area contributed by atoms with E-state index in [1.165, 1.54) is 0 Å². The van der Waals surface area contributed by atoms with E-state index >= 15 is 0 Å². The van der Waals surface area contributed by atoms with Gasteiger partial charge in [0.05, 0.1) is 5.56 Å². The highest BCUT2D eigenvalue weighted by Gasteiger charge is 2.25. The Hall–Kier alpha value is -2.89. The molecule has 2 aliphatic heterocycles. The number of carbonyl (C=O) groups is 2. The first-order valence-electron chi connectivity index (χ1n) is 10.0. The number of hydrogen-bond acceptors (Lipinski definition) is 3. The van der Waals surface area contributed by atoms with Gasteiger partial charge in [0.15, 0.2) is 0 Å². The number of amides is 2. The Morgan fingerprint density at radius 1 is 1.04 bits per heavy atom. The van der Waals surface area contributed by atoms with Gasteiger partial charge in [0.2, 0.25) is 5.91 Å². The van der Waals surface area contributed by atoms with E-state index in [0.29, 0.717) is 37.2 Å². The van der Waals surface area contributed by atoms with E-state index in [1.807, 2.05) is 35.2 Å². The molecule has 3 heterocycles. The second-order valence-electron chi connectivity index (χ2n) is 7.43. The fourth-order valence-corrected chi connectivity index (χ4v) is 4.21. The van der Waals surface area contributed by atoms with E-state index in [2.05, 4.69) is 5.32 Å². The average Bonchev–Trinajstić information content (AvgIpc) is 3.35. The fourth-order valence-electron chi connectivity index (χ4n) is 4.21. The van der Waals surface area contributed by atoms with Crippen molar-refractivity contribution >= 4 is 11.8 Å². The first kappa shape index (κ1) is 18.5. The lowest BCUT2D eigenvalue weighted by molar-refractivity contribution is -0.127. The molecule has 1 aromatic carbocycles. The molecular weight excluding hydrogens is 354 g/mol. The SMILES string of the molecule is O=C(NCCCN1CCCC1=O)c1c(-c2ccccc2)cc(=O)n2c1CCC2. The van der Waals surface area contributed by atoms with Crippen LogP contribution in [0.5, 0.6) is 0 Å². The van der Waals surface area contributed by atoms with E-state index < -0.39 is 0 Å². The van der Waals surface area contributed by atoms with Crippen molar-refractivity contribution in [2.24, 2.45) is 0 Å². The summed E-state index contributed by atoms with van der Waals surface area (Å²) in [7, 11) is 0. The molecule has 146 valence electrons. The molecule has 6 heteroatoms. The van der Waals surface area contributed by atoms with Crippen LogP contribution in [-0.2, 0) is 17.8 Å². The van der Waals surface area contributed by atoms with Crippen molar-refractivity contribution in [1.29, 1.82) is 0 Å². The standard InChI is InChI=1S/C22H25N3O3/c26-19-10-5-12-24(19)13-6-11-23-22(28)21-17(16-7-2-1-3-8-16)15-20(27)25-14-4-9-18(21)25/h1-3,7-8,15H,4-6,9-14H2,(H,23,28). The maximum absolute atomic E-state index is 13.1. The second kappa shape index (κ2) is 8.00. The van der Waals surface area contributed by atoms with Gasteiger partial charge >= 0.3 is 0 Å². The van der Waals surface area contributed by atoms with Crippen molar-refractivity contribution < 1.29 is 9.59 Å². The number of benzene rings is 1. The highest BCUT2D eigenvalue weighted by Crippen LogP contribution is 2.28. The molecule has 0 radical (unpaired) electrons. The summed E-state index contributed by atoms with van der Waals surface area (Å²) in [6.45, 7) is 2.67. The lowest BCUT2D eigenvalue weighted by Crippen LogP contribution is -2.32. The monoisotopic (exact) mass is 379 g/mol. The molecule has 4 rings (SSSR count). The Morgan fingerprint density at radius 3 is 2.57 bits per heavy atom. The van der Waals surface area contributed by atoms with E-state index in [9.17, 15) is 14.4 Å². The number of nitrogens with zero attached hydrogens (tertiary/aromatic N) is 2. The maximum atomic E-state index is 13.1. The third-order valence-corrected chi connectivity index (χ3v) is 5.59. The van der Waals surface area contributed by atoms with Gasteiger partial charge in [0.25, 0.3) is 11.5 Å². The normalized spacial score (nSPS) is 15.7. The predicted octanol–water partition coefficient (Wildman–Crippen LogP) is 2.20. The van der Waals surface area contributed by atoms with Crippen molar-refractivity contribution in [3.8, 4) is 11.1 Å². The smallest absolute Gasteiger partial charge is 0.253 e. The first-order chi connectivity index (χ1) is 13.6. The summed E-state index contributed by atoms with van der Waals surface area (Å²) in [6.07, 6.45) is 3.91. The Kier molecular flexibility index (Phi) is 5.28. The van der Waals surface area contributed by atoms with Crippen LogP contribution < -0.4 is 10.9 Å². The largest absolute Gasteiger partial charge is 0.352 e. The zero-order chi connectivity index (χ0) is 19.5. The lowest BCUT2D eigenvalue weighted by Gasteiger charge is -2.17. The van der Waals surface area contributed by atoms with Gasteiger partial charge in [-0.1, -0.05) is 30.3 Å². The molecule has 2 aromatic rings. The van der Waals surface area contributed by atoms with E-state index in [4.69, 9.17) is 0 Å². The molecule has 1 saturated heterocycles. The van der Waals surface area contributed by atoms with Crippen LogP contribution >= 0.6 is 0 Å². The minimum atomic E-state index is -0.141. The lowest BCUT2D eigenvalue weighted by atomic mass is 9.97. The van der Waals surface area contributed by atoms with Gasteiger partial charge in [0.1, 0.15) is 0 Å². The summed E-state index contributed by atoms with van der Waals surface area (Å²) in [5.41, 5.74) is 2.98. The van der Waals surface area contributed by atoms with Gasteiger partial charge in [0, 0.05) is 49.9 Å². The molecular formula is C22H25N3O3. The topological polar surface area (TPSA) is 71.4 Å². The van der Waals surface area contributed by atoms with Crippen molar-refractivity contribution in [2.45, 2.75) is 38.6 Å². The van der Waals surface area contributed by atoms with Crippen LogP contribution in [-0.4, -0.2) is 40.9 Å². The van der Waals surface area contributed by atoms with Gasteiger partial charge < -0.3 is 14.8 Å². The van der Waals surface area contributed by atoms with Gasteiger partial charge in [-0.15, -0.1) is 0 Å². The number of hydrogen-bond donors (Lipinski definition) is 1. The Balaban J connectivity index is 1.54. The minimum Gasteiger partial charge on any atom is -0.352 e. The quantitative estimate of drug-likeness (QED) is 0.782. The molecule has 0 atom stereocenters. The molecule has 0 spiro atoms. The van der Waals surface area contributed by atoms with E-state index in [-0.39, 0.29) is 17.4 Å². The number of nitrogens with one attached hydrogen (secondary N) is 1. The van der Waals surface area contributed by atoms with Crippen molar-refractivity contribution in [3.05, 3.63) is 58.0 Å². The molecule has 0 aliphatic carbocycles. The van der Waals surface area contributed by atoms with Gasteiger partial charge in [-0.25, -0.2) is 0 Å². The Bertz CT molecular complexity index is 949. The summed E-state index contributed by atoms with van der Waals surface area (Å²) < 4.78 is 1.73. The maximum Gasteiger partial charge on any atom is 0.253 e. The number of carbonyl (C=O) groups excluding carboxylic acids is 2. The highest BCUT2D eigenvalue weighted by atomic mass is 16.2. The summed E-state index contributed by atoms with van der Waals surface area (Å²) in [5.74, 6) is 0.0650. The zero-order valence-electron chi connectivity index (χ0n) is 15.9. The van der Waals surface area contributed by atoms with Crippen molar-refractivity contribution in [3.63, 3.8) is 0 Å². The van der Waals surface area contributed by atoms with Crippen LogP contribution in [0.4, 0.5) is 0 Å². The van der Waals surface area contributed by atoms with Crippen LogP contribution in [0.2, 0.25) is 0 Å². The molecule has 2 amide bonds. The van der Waals surface area contributed by atoms with Gasteiger partial charge in [-0.3, -0.25) is 14.4 Å². The van der Waals surface area contributed by atoms with Crippen LogP contribution in [0, 0.1) is 0 Å². The molecule has 0 saturated carbocycles. The van der Waals surface area contributed by atoms with Crippen LogP contribution in [0.3, 0.4) is 0 Å². The van der Waals surface area contributed by atoms with E-state index in [0.717, 1.165) is 43.5 Å². The third kappa shape index (κ3) is 3.59. The zero-order valence-corrected chi connectivity index (χ0v) is 15.9. The fraction of sp³-hybridized carbons (Fsp3) is 0.409. The molecule has 1 N–H and O–H groups in total. The summed E-state index contributed by atoms with van der Waals surface area (Å²) in [5, 5.41) is 3.00. The minimum absolute atomic E-state index is 0.0459. The van der Waals surface area contributed by atoms with Crippen LogP contribution in [0.15, 0.2) is 41.2 Å². The molecule has 1 aromatic heterocycles. The number of rotatable bonds is 6. The first-order valence-corrected chi connectivity index (χ1v) is 10.0. The predicted molar refractivity (Wildman–Crippen MR) is 107 cm³/mol. The van der Waals surface area contributed by atoms with Gasteiger partial charge in [-0.2, -0.15) is 0 Å². The van der Waals surface area contributed by atoms with Crippen molar-refractivity contribution in [2.75, 3.05) is 19.6 Å². The number of aromatic nitrogens is 1. The van der Waals surface area contributed by atoms with E-state index in [1.54, 1.807) is 10.6 Å². The summed E-state index contributed by atoms with van der Waals surface area (Å²) in [6, 6.07) is 11.2. The summed E-state index contributed by atoms with van der Waals surface area (Å²) in [4.78, 5) is 39.1. The summed E-state index contributed by atoms with van der Waals surface area (Å²) >= 11 is 0. The Labute approximate surface area is 164 Å². The molecule has 2 aliphatic rings. The molecule has 0 bridgehead atoms. The average molecular weight is 379 g/mol. The number of pyridine rings is 1. The van der Waals surface area contributed by atoms with Crippen LogP contribution in [0.1, 0.15) is 41.7 Å².